The normalized spacial score (nSPS) is 16.0. The van der Waals surface area contributed by atoms with Crippen LogP contribution >= 0.6 is 0 Å². The molecule has 4 aromatic carbocycles. The van der Waals surface area contributed by atoms with Crippen LogP contribution in [0.15, 0.2) is 91.3 Å². The summed E-state index contributed by atoms with van der Waals surface area (Å²) < 4.78 is 0. The van der Waals surface area contributed by atoms with Crippen LogP contribution in [0.25, 0.3) is 22.3 Å². The van der Waals surface area contributed by atoms with E-state index in [1.54, 1.807) is 0 Å². The quantitative estimate of drug-likeness (QED) is 0.158. The van der Waals surface area contributed by atoms with Crippen LogP contribution in [0.3, 0.4) is 0 Å². The Labute approximate surface area is 238 Å². The number of nitro groups is 1. The van der Waals surface area contributed by atoms with Crippen molar-refractivity contribution in [3.05, 3.63) is 124 Å². The van der Waals surface area contributed by atoms with E-state index in [2.05, 4.69) is 95.1 Å². The van der Waals surface area contributed by atoms with Crippen LogP contribution in [-0.4, -0.2) is 14.9 Å². The third kappa shape index (κ3) is 4.04. The minimum absolute atomic E-state index is 0.142. The first kappa shape index (κ1) is 25.0. The molecule has 1 heterocycles. The zero-order valence-corrected chi connectivity index (χ0v) is 22.9. The maximum Gasteiger partial charge on any atom is 0.353 e. The molecular formula is C34H29N5O2. The van der Waals surface area contributed by atoms with Gasteiger partial charge in [-0.15, -0.1) is 0 Å². The molecule has 0 spiro atoms. The highest BCUT2D eigenvalue weighted by molar-refractivity contribution is 5.85. The Bertz CT molecular complexity index is 1710. The van der Waals surface area contributed by atoms with Crippen LogP contribution in [0, 0.1) is 10.1 Å². The summed E-state index contributed by atoms with van der Waals surface area (Å²) in [6.07, 6.45) is 3.37. The van der Waals surface area contributed by atoms with Gasteiger partial charge in [0.2, 0.25) is 11.6 Å². The predicted molar refractivity (Wildman–Crippen MR) is 163 cm³/mol. The number of anilines is 4. The number of aromatic nitrogens is 2. The Morgan fingerprint density at radius 2 is 1.10 bits per heavy atom. The maximum absolute atomic E-state index is 12.3. The van der Waals surface area contributed by atoms with Crippen molar-refractivity contribution in [3.8, 4) is 22.3 Å². The van der Waals surface area contributed by atoms with Crippen molar-refractivity contribution in [1.29, 1.82) is 0 Å². The van der Waals surface area contributed by atoms with Gasteiger partial charge in [-0.3, -0.25) is 10.1 Å². The van der Waals surface area contributed by atoms with Gasteiger partial charge >= 0.3 is 5.69 Å². The fourth-order valence-corrected chi connectivity index (χ4v) is 6.66. The lowest BCUT2D eigenvalue weighted by molar-refractivity contribution is -0.383. The zero-order valence-electron chi connectivity index (χ0n) is 22.9. The van der Waals surface area contributed by atoms with Crippen molar-refractivity contribution in [3.63, 3.8) is 0 Å². The molecular weight excluding hydrogens is 510 g/mol. The Morgan fingerprint density at radius 1 is 0.659 bits per heavy atom. The number of benzene rings is 4. The van der Waals surface area contributed by atoms with E-state index in [-0.39, 0.29) is 17.3 Å². The summed E-state index contributed by atoms with van der Waals surface area (Å²) in [7, 11) is 0. The summed E-state index contributed by atoms with van der Waals surface area (Å²) in [5, 5.41) is 18.8. The molecule has 0 saturated carbocycles. The second-order valence-electron chi connectivity index (χ2n) is 10.6. The molecule has 0 radical (unpaired) electrons. The molecule has 41 heavy (non-hydrogen) atoms. The monoisotopic (exact) mass is 539 g/mol. The van der Waals surface area contributed by atoms with Gasteiger partial charge in [0.15, 0.2) is 0 Å². The van der Waals surface area contributed by atoms with Crippen LogP contribution < -0.4 is 10.6 Å². The Kier molecular flexibility index (Phi) is 6.00. The second-order valence-corrected chi connectivity index (χ2v) is 10.6. The lowest BCUT2D eigenvalue weighted by Crippen LogP contribution is -2.06. The van der Waals surface area contributed by atoms with Crippen LogP contribution in [0.5, 0.6) is 0 Å². The van der Waals surface area contributed by atoms with Gasteiger partial charge in [0.25, 0.3) is 0 Å². The second kappa shape index (κ2) is 9.86. The third-order valence-electron chi connectivity index (χ3n) is 8.46. The van der Waals surface area contributed by atoms with Crippen molar-refractivity contribution in [2.45, 2.75) is 38.5 Å². The Morgan fingerprint density at radius 3 is 1.54 bits per heavy atom. The Hall–Kier alpha value is -5.04. The number of nitrogens with one attached hydrogen (secondary N) is 2. The van der Waals surface area contributed by atoms with E-state index in [9.17, 15) is 10.1 Å². The van der Waals surface area contributed by atoms with Gasteiger partial charge in [-0.2, -0.15) is 0 Å². The molecule has 1 aromatic heterocycles. The van der Waals surface area contributed by atoms with Crippen molar-refractivity contribution in [2.24, 2.45) is 0 Å². The number of nitrogens with zero attached hydrogens (tertiary/aromatic N) is 3. The number of rotatable bonds is 7. The van der Waals surface area contributed by atoms with Gasteiger partial charge in [0, 0.05) is 23.2 Å². The summed E-state index contributed by atoms with van der Waals surface area (Å²) in [6, 6.07) is 29.2. The molecule has 5 aromatic rings. The summed E-state index contributed by atoms with van der Waals surface area (Å²) in [5.41, 5.74) is 11.2. The standard InChI is InChI=1S/C34H29N5O2/c1-3-22-24-9-5-7-11-26(24)30-17-20(13-15-28(22)30)37-33-32(39(40)41)34(36-19-35-33)38-21-14-16-29-23(4-2)25-10-6-8-12-27(25)31(29)18-21/h5-19,22-23H,3-4H2,1-2H3,(H2,35,36,37,38)/t22-,23-/m1/s1. The van der Waals surface area contributed by atoms with E-state index >= 15 is 0 Å². The molecule has 7 heteroatoms. The van der Waals surface area contributed by atoms with Crippen LogP contribution in [0.4, 0.5) is 28.7 Å². The lowest BCUT2D eigenvalue weighted by atomic mass is 9.94. The fourth-order valence-electron chi connectivity index (χ4n) is 6.66. The third-order valence-corrected chi connectivity index (χ3v) is 8.46. The number of hydrogen-bond acceptors (Lipinski definition) is 6. The first-order chi connectivity index (χ1) is 20.1. The van der Waals surface area contributed by atoms with E-state index < -0.39 is 4.92 Å². The molecule has 7 rings (SSSR count). The van der Waals surface area contributed by atoms with Crippen molar-refractivity contribution in [2.75, 3.05) is 10.6 Å². The average Bonchev–Trinajstić information content (AvgIpc) is 3.48. The van der Waals surface area contributed by atoms with Crippen LogP contribution in [0.2, 0.25) is 0 Å². The van der Waals surface area contributed by atoms with Gasteiger partial charge < -0.3 is 10.6 Å². The minimum atomic E-state index is -0.434. The van der Waals surface area contributed by atoms with E-state index in [1.165, 1.54) is 39.7 Å². The minimum Gasteiger partial charge on any atom is -0.334 e. The molecule has 0 amide bonds. The van der Waals surface area contributed by atoms with Crippen LogP contribution in [-0.2, 0) is 0 Å². The van der Waals surface area contributed by atoms with Crippen molar-refractivity contribution >= 4 is 28.7 Å². The van der Waals surface area contributed by atoms with Gasteiger partial charge in [-0.25, -0.2) is 9.97 Å². The highest BCUT2D eigenvalue weighted by Crippen LogP contribution is 2.49. The fraction of sp³-hybridized carbons (Fsp3) is 0.176. The van der Waals surface area contributed by atoms with Crippen molar-refractivity contribution < 1.29 is 4.92 Å². The van der Waals surface area contributed by atoms with Crippen LogP contribution in [0.1, 0.15) is 60.8 Å². The SMILES string of the molecule is CC[C@@H]1c2ccccc2-c2cc(Nc3ncnc(Nc4ccc5c(c4)-c4ccccc4[C@H]5CC)c3[N+](=O)[O-])ccc21. The largest absolute Gasteiger partial charge is 0.353 e. The summed E-state index contributed by atoms with van der Waals surface area (Å²) in [5.74, 6) is 0.990. The van der Waals surface area contributed by atoms with Gasteiger partial charge in [0.05, 0.1) is 4.92 Å². The molecule has 0 unspecified atom stereocenters. The Balaban J connectivity index is 1.23. The molecule has 0 saturated heterocycles. The summed E-state index contributed by atoms with van der Waals surface area (Å²) in [4.78, 5) is 20.4. The molecule has 2 aliphatic rings. The number of hydrogen-bond donors (Lipinski definition) is 2. The smallest absolute Gasteiger partial charge is 0.334 e. The topological polar surface area (TPSA) is 93.0 Å². The molecule has 2 atom stereocenters. The van der Waals surface area contributed by atoms with E-state index in [0.29, 0.717) is 11.8 Å². The molecule has 0 bridgehead atoms. The van der Waals surface area contributed by atoms with Crippen molar-refractivity contribution in [1.82, 2.24) is 9.97 Å². The van der Waals surface area contributed by atoms with Gasteiger partial charge in [0.1, 0.15) is 6.33 Å². The molecule has 0 aliphatic heterocycles. The number of fused-ring (bicyclic) bond motifs is 6. The van der Waals surface area contributed by atoms with Gasteiger partial charge in [-0.1, -0.05) is 74.5 Å². The molecule has 0 fully saturated rings. The van der Waals surface area contributed by atoms with E-state index in [0.717, 1.165) is 35.3 Å². The summed E-state index contributed by atoms with van der Waals surface area (Å²) in [6.45, 7) is 4.40. The predicted octanol–water partition coefficient (Wildman–Crippen LogP) is 8.92. The summed E-state index contributed by atoms with van der Waals surface area (Å²) >= 11 is 0. The van der Waals surface area contributed by atoms with E-state index in [1.807, 2.05) is 24.3 Å². The first-order valence-corrected chi connectivity index (χ1v) is 14.1. The highest BCUT2D eigenvalue weighted by atomic mass is 16.6. The molecule has 202 valence electrons. The molecule has 2 N–H and O–H groups in total. The van der Waals surface area contributed by atoms with E-state index in [4.69, 9.17) is 0 Å². The molecule has 7 nitrogen and oxygen atoms in total. The average molecular weight is 540 g/mol. The maximum atomic E-state index is 12.3. The zero-order chi connectivity index (χ0) is 28.1. The van der Waals surface area contributed by atoms with Gasteiger partial charge in [-0.05, 0) is 81.6 Å². The molecule has 2 aliphatic carbocycles. The first-order valence-electron chi connectivity index (χ1n) is 14.1. The lowest BCUT2D eigenvalue weighted by Gasteiger charge is -2.13. The highest BCUT2D eigenvalue weighted by Gasteiger charge is 2.30.